The summed E-state index contributed by atoms with van der Waals surface area (Å²) < 4.78 is 0. The smallest absolute Gasteiger partial charge is 0.0224 e. The van der Waals surface area contributed by atoms with E-state index in [1.165, 1.54) is 6.42 Å². The fourth-order valence-electron chi connectivity index (χ4n) is 1.06. The topological polar surface area (TPSA) is 21.9 Å². The third-order valence-electron chi connectivity index (χ3n) is 1.70. The molecular formula is C7H15N. The molecule has 0 spiro atoms. The molecule has 2 unspecified atom stereocenters. The summed E-state index contributed by atoms with van der Waals surface area (Å²) in [6.07, 6.45) is 1.35. The zero-order chi connectivity index (χ0) is 6.15. The minimum absolute atomic E-state index is 0.803. The standard InChI is InChI=1S/C7H15N/c1-5(2)4-7-6(3)8-7/h5-8H,4H2,1-3H3. The molecule has 1 fully saturated rings. The van der Waals surface area contributed by atoms with Crippen LogP contribution in [0.1, 0.15) is 27.2 Å². The molecule has 8 heavy (non-hydrogen) atoms. The molecule has 1 aliphatic heterocycles. The first-order valence-electron chi connectivity index (χ1n) is 3.46. The first-order chi connectivity index (χ1) is 3.70. The van der Waals surface area contributed by atoms with Crippen molar-refractivity contribution in [1.82, 2.24) is 5.32 Å². The van der Waals surface area contributed by atoms with Gasteiger partial charge in [0.05, 0.1) is 0 Å². The molecule has 1 heterocycles. The molecule has 0 aromatic carbocycles. The maximum atomic E-state index is 3.36. The SMILES string of the molecule is CC(C)CC1NC1C. The monoisotopic (exact) mass is 113 g/mol. The lowest BCUT2D eigenvalue weighted by atomic mass is 10.1. The average molecular weight is 113 g/mol. The van der Waals surface area contributed by atoms with E-state index in [1.54, 1.807) is 0 Å². The second kappa shape index (κ2) is 2.06. The predicted molar refractivity (Wildman–Crippen MR) is 35.8 cm³/mol. The summed E-state index contributed by atoms with van der Waals surface area (Å²) in [7, 11) is 0. The maximum Gasteiger partial charge on any atom is 0.0224 e. The van der Waals surface area contributed by atoms with E-state index in [1.807, 2.05) is 0 Å². The van der Waals surface area contributed by atoms with Gasteiger partial charge in [0.15, 0.2) is 0 Å². The molecule has 0 amide bonds. The lowest BCUT2D eigenvalue weighted by Crippen LogP contribution is -1.97. The van der Waals surface area contributed by atoms with Crippen molar-refractivity contribution in [3.8, 4) is 0 Å². The molecular weight excluding hydrogens is 98.1 g/mol. The number of hydrogen-bond donors (Lipinski definition) is 1. The van der Waals surface area contributed by atoms with Crippen LogP contribution in [0.3, 0.4) is 0 Å². The predicted octanol–water partition coefficient (Wildman–Crippen LogP) is 1.39. The van der Waals surface area contributed by atoms with Crippen molar-refractivity contribution in [1.29, 1.82) is 0 Å². The van der Waals surface area contributed by atoms with Crippen molar-refractivity contribution in [3.63, 3.8) is 0 Å². The highest BCUT2D eigenvalue weighted by Gasteiger charge is 2.30. The Bertz CT molecular complexity index is 78.5. The fraction of sp³-hybridized carbons (Fsp3) is 1.00. The van der Waals surface area contributed by atoms with Crippen molar-refractivity contribution in [2.45, 2.75) is 39.3 Å². The average Bonchev–Trinajstić information content (AvgIpc) is 2.17. The third kappa shape index (κ3) is 1.48. The van der Waals surface area contributed by atoms with Gasteiger partial charge in [-0.1, -0.05) is 13.8 Å². The van der Waals surface area contributed by atoms with E-state index in [2.05, 4.69) is 26.1 Å². The summed E-state index contributed by atoms with van der Waals surface area (Å²) in [5.41, 5.74) is 0. The number of hydrogen-bond acceptors (Lipinski definition) is 1. The molecule has 0 radical (unpaired) electrons. The lowest BCUT2D eigenvalue weighted by molar-refractivity contribution is 0.574. The first kappa shape index (κ1) is 6.09. The second-order valence-electron chi connectivity index (χ2n) is 3.19. The zero-order valence-corrected chi connectivity index (χ0v) is 5.94. The van der Waals surface area contributed by atoms with Crippen molar-refractivity contribution < 1.29 is 0 Å². The molecule has 0 saturated carbocycles. The van der Waals surface area contributed by atoms with Gasteiger partial charge in [0.25, 0.3) is 0 Å². The Balaban J connectivity index is 2.05. The van der Waals surface area contributed by atoms with Crippen LogP contribution in [-0.4, -0.2) is 12.1 Å². The summed E-state index contributed by atoms with van der Waals surface area (Å²) in [5, 5.41) is 3.36. The number of nitrogens with one attached hydrogen (secondary N) is 1. The van der Waals surface area contributed by atoms with Crippen molar-refractivity contribution in [2.24, 2.45) is 5.92 Å². The van der Waals surface area contributed by atoms with E-state index in [0.717, 1.165) is 18.0 Å². The molecule has 0 aliphatic carbocycles. The molecule has 0 aromatic heterocycles. The Morgan fingerprint density at radius 3 is 2.12 bits per heavy atom. The minimum Gasteiger partial charge on any atom is -0.308 e. The van der Waals surface area contributed by atoms with Crippen LogP contribution >= 0.6 is 0 Å². The summed E-state index contributed by atoms with van der Waals surface area (Å²) >= 11 is 0. The summed E-state index contributed by atoms with van der Waals surface area (Å²) in [6.45, 7) is 6.78. The lowest BCUT2D eigenvalue weighted by Gasteiger charge is -1.98. The van der Waals surface area contributed by atoms with Crippen LogP contribution in [0, 0.1) is 5.92 Å². The first-order valence-corrected chi connectivity index (χ1v) is 3.46. The molecule has 1 saturated heterocycles. The van der Waals surface area contributed by atoms with E-state index in [9.17, 15) is 0 Å². The van der Waals surface area contributed by atoms with Crippen LogP contribution in [0.25, 0.3) is 0 Å². The van der Waals surface area contributed by atoms with Crippen molar-refractivity contribution in [3.05, 3.63) is 0 Å². The second-order valence-corrected chi connectivity index (χ2v) is 3.19. The van der Waals surface area contributed by atoms with Crippen molar-refractivity contribution in [2.75, 3.05) is 0 Å². The quantitative estimate of drug-likeness (QED) is 0.537. The van der Waals surface area contributed by atoms with Gasteiger partial charge in [0.1, 0.15) is 0 Å². The van der Waals surface area contributed by atoms with Gasteiger partial charge in [-0.05, 0) is 19.3 Å². The van der Waals surface area contributed by atoms with Gasteiger partial charge >= 0.3 is 0 Å². The normalized spacial score (nSPS) is 36.0. The summed E-state index contributed by atoms with van der Waals surface area (Å²) in [6, 6.07) is 1.65. The Morgan fingerprint density at radius 1 is 1.50 bits per heavy atom. The summed E-state index contributed by atoms with van der Waals surface area (Å²) in [4.78, 5) is 0. The van der Waals surface area contributed by atoms with Crippen LogP contribution in [0.15, 0.2) is 0 Å². The summed E-state index contributed by atoms with van der Waals surface area (Å²) in [5.74, 6) is 0.859. The molecule has 1 aliphatic rings. The maximum absolute atomic E-state index is 3.36. The number of rotatable bonds is 2. The molecule has 1 rings (SSSR count). The van der Waals surface area contributed by atoms with Crippen LogP contribution in [0.4, 0.5) is 0 Å². The van der Waals surface area contributed by atoms with Gasteiger partial charge in [-0.15, -0.1) is 0 Å². The molecule has 1 heteroatoms. The molecule has 2 atom stereocenters. The third-order valence-corrected chi connectivity index (χ3v) is 1.70. The van der Waals surface area contributed by atoms with Gasteiger partial charge in [-0.3, -0.25) is 0 Å². The molecule has 48 valence electrons. The Morgan fingerprint density at radius 2 is 2.00 bits per heavy atom. The highest BCUT2D eigenvalue weighted by molar-refractivity contribution is 4.94. The van der Waals surface area contributed by atoms with Crippen LogP contribution in [-0.2, 0) is 0 Å². The zero-order valence-electron chi connectivity index (χ0n) is 5.94. The Labute approximate surface area is 51.5 Å². The van der Waals surface area contributed by atoms with Gasteiger partial charge in [0.2, 0.25) is 0 Å². The van der Waals surface area contributed by atoms with Gasteiger partial charge in [-0.25, -0.2) is 0 Å². The van der Waals surface area contributed by atoms with E-state index >= 15 is 0 Å². The Kier molecular flexibility index (Phi) is 1.57. The highest BCUT2D eigenvalue weighted by Crippen LogP contribution is 2.17. The molecule has 1 N–H and O–H groups in total. The van der Waals surface area contributed by atoms with E-state index in [0.29, 0.717) is 0 Å². The molecule has 1 nitrogen and oxygen atoms in total. The van der Waals surface area contributed by atoms with Gasteiger partial charge in [-0.2, -0.15) is 0 Å². The van der Waals surface area contributed by atoms with Crippen LogP contribution in [0.5, 0.6) is 0 Å². The van der Waals surface area contributed by atoms with Crippen LogP contribution < -0.4 is 5.32 Å². The van der Waals surface area contributed by atoms with Crippen LogP contribution in [0.2, 0.25) is 0 Å². The van der Waals surface area contributed by atoms with E-state index < -0.39 is 0 Å². The largest absolute Gasteiger partial charge is 0.308 e. The molecule has 0 aromatic rings. The highest BCUT2D eigenvalue weighted by atomic mass is 15.1. The molecule has 0 bridgehead atoms. The van der Waals surface area contributed by atoms with Crippen molar-refractivity contribution >= 4 is 0 Å². The van der Waals surface area contributed by atoms with Gasteiger partial charge in [0, 0.05) is 12.1 Å². The minimum atomic E-state index is 0.803. The van der Waals surface area contributed by atoms with Gasteiger partial charge < -0.3 is 5.32 Å². The Hall–Kier alpha value is -0.0400. The van der Waals surface area contributed by atoms with E-state index in [-0.39, 0.29) is 0 Å². The fourth-order valence-corrected chi connectivity index (χ4v) is 1.06. The van der Waals surface area contributed by atoms with E-state index in [4.69, 9.17) is 0 Å².